The van der Waals surface area contributed by atoms with Crippen molar-refractivity contribution in [3.63, 3.8) is 0 Å². The molecule has 2 amide bonds. The number of urea groups is 1. The van der Waals surface area contributed by atoms with Gasteiger partial charge >= 0.3 is 6.03 Å². The molecule has 1 saturated carbocycles. The second-order valence-electron chi connectivity index (χ2n) is 6.88. The molecule has 3 unspecified atom stereocenters. The lowest BCUT2D eigenvalue weighted by molar-refractivity contribution is 0.163. The van der Waals surface area contributed by atoms with Crippen LogP contribution in [-0.2, 0) is 0 Å². The Morgan fingerprint density at radius 3 is 2.91 bits per heavy atom. The van der Waals surface area contributed by atoms with Gasteiger partial charge < -0.3 is 14.7 Å². The van der Waals surface area contributed by atoms with Crippen LogP contribution in [0.15, 0.2) is 4.52 Å². The minimum absolute atomic E-state index is 0.0695. The molecule has 1 N–H and O–H groups in total. The first kappa shape index (κ1) is 15.3. The molecule has 0 radical (unpaired) electrons. The molecule has 1 aromatic heterocycles. The van der Waals surface area contributed by atoms with E-state index in [1.807, 2.05) is 11.8 Å². The summed E-state index contributed by atoms with van der Waals surface area (Å²) in [6.45, 7) is 5.59. The molecule has 2 fully saturated rings. The average molecular weight is 306 g/mol. The second kappa shape index (κ2) is 6.67. The zero-order chi connectivity index (χ0) is 15.5. The van der Waals surface area contributed by atoms with E-state index >= 15 is 0 Å². The van der Waals surface area contributed by atoms with Crippen LogP contribution in [-0.4, -0.2) is 40.2 Å². The Hall–Kier alpha value is -1.59. The predicted molar refractivity (Wildman–Crippen MR) is 82.5 cm³/mol. The third kappa shape index (κ3) is 3.59. The van der Waals surface area contributed by atoms with Gasteiger partial charge in [0.05, 0.1) is 5.92 Å². The minimum Gasteiger partial charge on any atom is -0.339 e. The molecule has 2 heterocycles. The maximum atomic E-state index is 12.5. The van der Waals surface area contributed by atoms with Crippen LogP contribution in [0.2, 0.25) is 0 Å². The number of carbonyl (C=O) groups excluding carboxylic acids is 1. The van der Waals surface area contributed by atoms with E-state index in [1.54, 1.807) is 0 Å². The Morgan fingerprint density at radius 1 is 1.32 bits per heavy atom. The van der Waals surface area contributed by atoms with Crippen molar-refractivity contribution in [3.8, 4) is 0 Å². The number of amides is 2. The molecular formula is C16H26N4O2. The molecule has 0 spiro atoms. The molecular weight excluding hydrogens is 280 g/mol. The summed E-state index contributed by atoms with van der Waals surface area (Å²) in [5.74, 6) is 2.22. The molecule has 0 aromatic carbocycles. The van der Waals surface area contributed by atoms with Crippen molar-refractivity contribution in [2.75, 3.05) is 13.1 Å². The van der Waals surface area contributed by atoms with Crippen LogP contribution in [0.25, 0.3) is 0 Å². The number of piperidine rings is 1. The molecule has 3 atom stereocenters. The van der Waals surface area contributed by atoms with Crippen molar-refractivity contribution < 1.29 is 9.32 Å². The number of aryl methyl sites for hydroxylation is 1. The van der Waals surface area contributed by atoms with Crippen molar-refractivity contribution >= 4 is 6.03 Å². The smallest absolute Gasteiger partial charge is 0.317 e. The van der Waals surface area contributed by atoms with Gasteiger partial charge in [0.1, 0.15) is 0 Å². The first-order chi connectivity index (χ1) is 10.6. The number of rotatable bonds is 2. The molecule has 6 nitrogen and oxygen atoms in total. The summed E-state index contributed by atoms with van der Waals surface area (Å²) in [6, 6.07) is 0.405. The highest BCUT2D eigenvalue weighted by atomic mass is 16.5. The largest absolute Gasteiger partial charge is 0.339 e. The van der Waals surface area contributed by atoms with Gasteiger partial charge in [0, 0.05) is 19.1 Å². The number of carbonyl (C=O) groups is 1. The first-order valence-corrected chi connectivity index (χ1v) is 8.47. The summed E-state index contributed by atoms with van der Waals surface area (Å²) in [5.41, 5.74) is 0. The van der Waals surface area contributed by atoms with Gasteiger partial charge in [-0.2, -0.15) is 4.98 Å². The third-order valence-electron chi connectivity index (χ3n) is 4.87. The van der Waals surface area contributed by atoms with Crippen molar-refractivity contribution in [1.29, 1.82) is 0 Å². The van der Waals surface area contributed by atoms with Gasteiger partial charge in [-0.15, -0.1) is 0 Å². The maximum absolute atomic E-state index is 12.5. The Morgan fingerprint density at radius 2 is 2.18 bits per heavy atom. The summed E-state index contributed by atoms with van der Waals surface area (Å²) in [6.07, 6.45) is 6.71. The predicted octanol–water partition coefficient (Wildman–Crippen LogP) is 2.85. The third-order valence-corrected chi connectivity index (χ3v) is 4.87. The first-order valence-electron chi connectivity index (χ1n) is 8.47. The molecule has 1 aromatic rings. The van der Waals surface area contributed by atoms with Crippen molar-refractivity contribution in [3.05, 3.63) is 11.7 Å². The second-order valence-corrected chi connectivity index (χ2v) is 6.88. The number of nitrogens with one attached hydrogen (secondary N) is 1. The van der Waals surface area contributed by atoms with Gasteiger partial charge in [0.2, 0.25) is 5.89 Å². The highest BCUT2D eigenvalue weighted by Gasteiger charge is 2.29. The van der Waals surface area contributed by atoms with Crippen molar-refractivity contribution in [2.45, 2.75) is 64.3 Å². The number of aromatic nitrogens is 2. The van der Waals surface area contributed by atoms with Crippen LogP contribution in [0.3, 0.4) is 0 Å². The molecule has 6 heteroatoms. The van der Waals surface area contributed by atoms with Gasteiger partial charge in [-0.25, -0.2) is 4.79 Å². The molecule has 3 rings (SSSR count). The average Bonchev–Trinajstić information content (AvgIpc) is 2.94. The Balaban J connectivity index is 1.56. The van der Waals surface area contributed by atoms with Crippen LogP contribution < -0.4 is 5.32 Å². The number of nitrogens with zero attached hydrogens (tertiary/aromatic N) is 3. The lowest BCUT2D eigenvalue weighted by Crippen LogP contribution is -2.49. The van der Waals surface area contributed by atoms with Crippen molar-refractivity contribution in [2.24, 2.45) is 5.92 Å². The number of hydrogen-bond acceptors (Lipinski definition) is 4. The number of likely N-dealkylation sites (tertiary alicyclic amines) is 1. The maximum Gasteiger partial charge on any atom is 0.317 e. The molecule has 0 bridgehead atoms. The summed E-state index contributed by atoms with van der Waals surface area (Å²) in [5, 5.41) is 7.08. The van der Waals surface area contributed by atoms with E-state index in [2.05, 4.69) is 22.4 Å². The quantitative estimate of drug-likeness (QED) is 0.912. The van der Waals surface area contributed by atoms with E-state index in [9.17, 15) is 4.79 Å². The Labute approximate surface area is 131 Å². The number of hydrogen-bond donors (Lipinski definition) is 1. The van der Waals surface area contributed by atoms with Crippen LogP contribution in [0.4, 0.5) is 4.79 Å². The normalized spacial score (nSPS) is 29.4. The summed E-state index contributed by atoms with van der Waals surface area (Å²) < 4.78 is 5.28. The van der Waals surface area contributed by atoms with Crippen LogP contribution in [0, 0.1) is 12.8 Å². The fourth-order valence-electron chi connectivity index (χ4n) is 3.67. The van der Waals surface area contributed by atoms with E-state index in [-0.39, 0.29) is 11.9 Å². The Bertz CT molecular complexity index is 516. The molecule has 1 aliphatic heterocycles. The molecule has 122 valence electrons. The summed E-state index contributed by atoms with van der Waals surface area (Å²) in [7, 11) is 0. The topological polar surface area (TPSA) is 71.3 Å². The molecule has 22 heavy (non-hydrogen) atoms. The molecule has 1 aliphatic carbocycles. The molecule has 1 saturated heterocycles. The van der Waals surface area contributed by atoms with Gasteiger partial charge in [-0.1, -0.05) is 24.9 Å². The van der Waals surface area contributed by atoms with Gasteiger partial charge in [-0.3, -0.25) is 0 Å². The van der Waals surface area contributed by atoms with E-state index < -0.39 is 0 Å². The van der Waals surface area contributed by atoms with E-state index in [1.165, 1.54) is 12.8 Å². The fourth-order valence-corrected chi connectivity index (χ4v) is 3.67. The summed E-state index contributed by atoms with van der Waals surface area (Å²) >= 11 is 0. The van der Waals surface area contributed by atoms with Crippen molar-refractivity contribution in [1.82, 2.24) is 20.4 Å². The molecule has 2 aliphatic rings. The van der Waals surface area contributed by atoms with Crippen LogP contribution >= 0.6 is 0 Å². The van der Waals surface area contributed by atoms with Gasteiger partial charge in [0.15, 0.2) is 5.82 Å². The van der Waals surface area contributed by atoms with E-state index in [0.29, 0.717) is 24.3 Å². The standard InChI is InChI=1S/C16H26N4O2/c1-11-5-3-7-14(9-11)18-16(21)20-8-4-6-13(10-20)15-17-12(2)19-22-15/h11,13-14H,3-10H2,1-2H3,(H,18,21). The van der Waals surface area contributed by atoms with Gasteiger partial charge in [-0.05, 0) is 38.5 Å². The lowest BCUT2D eigenvalue weighted by atomic mass is 9.87. The SMILES string of the molecule is Cc1noc(C2CCCN(C(=O)NC3CCCC(C)C3)C2)n1. The van der Waals surface area contributed by atoms with Crippen LogP contribution in [0.5, 0.6) is 0 Å². The zero-order valence-corrected chi connectivity index (χ0v) is 13.5. The lowest BCUT2D eigenvalue weighted by Gasteiger charge is -2.34. The highest BCUT2D eigenvalue weighted by molar-refractivity contribution is 5.74. The Kier molecular flexibility index (Phi) is 4.64. The van der Waals surface area contributed by atoms with E-state index in [0.717, 1.165) is 38.1 Å². The summed E-state index contributed by atoms with van der Waals surface area (Å²) in [4.78, 5) is 18.7. The minimum atomic E-state index is 0.0695. The van der Waals surface area contributed by atoms with E-state index in [4.69, 9.17) is 4.52 Å². The highest BCUT2D eigenvalue weighted by Crippen LogP contribution is 2.27. The monoisotopic (exact) mass is 306 g/mol. The van der Waals surface area contributed by atoms with Gasteiger partial charge in [0.25, 0.3) is 0 Å². The fraction of sp³-hybridized carbons (Fsp3) is 0.812. The zero-order valence-electron chi connectivity index (χ0n) is 13.5. The van der Waals surface area contributed by atoms with Crippen LogP contribution in [0.1, 0.15) is 63.1 Å².